The van der Waals surface area contributed by atoms with Crippen LogP contribution < -0.4 is 25.0 Å². The number of halogens is 3. The summed E-state index contributed by atoms with van der Waals surface area (Å²) in [5.41, 5.74) is 2.85. The lowest BCUT2D eigenvalue weighted by Crippen LogP contribution is -2.56. The van der Waals surface area contributed by atoms with Gasteiger partial charge in [0.25, 0.3) is 11.8 Å². The van der Waals surface area contributed by atoms with Gasteiger partial charge in [-0.05, 0) is 69.3 Å². The molecular weight excluding hydrogens is 627 g/mol. The lowest BCUT2D eigenvalue weighted by atomic mass is 10.1. The fourth-order valence-corrected chi connectivity index (χ4v) is 5.97. The molecule has 1 amide bonds. The van der Waals surface area contributed by atoms with E-state index in [-0.39, 0.29) is 11.7 Å². The summed E-state index contributed by atoms with van der Waals surface area (Å²) in [5.74, 6) is -2.87. The van der Waals surface area contributed by atoms with E-state index in [0.29, 0.717) is 51.0 Å². The van der Waals surface area contributed by atoms with Gasteiger partial charge < -0.3 is 25.0 Å². The standard InChI is InChI=1S/C33H32F3N9O3/c1-19-9-26(29(47-3)14-28(19)48-21-6-8-45-30(11-21)38-18-40-45)41-31-22-12-25(42-32(46)23(34)10-20-5-4-7-43(20)2)27(13-24(22)37-17-39-31)44-15-33(35,36)16-44/h6,8-14,17-18,20H,4-5,7,15-16H2,1-3H3,(H,42,46)(H,37,39,41)/b23-10-/t20-/m1/s1. The van der Waals surface area contributed by atoms with Crippen molar-refractivity contribution in [2.45, 2.75) is 31.7 Å². The Kier molecular flexibility index (Phi) is 7.99. The molecule has 2 fully saturated rings. The molecule has 248 valence electrons. The van der Waals surface area contributed by atoms with Gasteiger partial charge in [0.05, 0.1) is 42.8 Å². The van der Waals surface area contributed by atoms with Crippen LogP contribution in [0.1, 0.15) is 18.4 Å². The minimum absolute atomic E-state index is 0.153. The van der Waals surface area contributed by atoms with Gasteiger partial charge in [-0.3, -0.25) is 9.69 Å². The first kappa shape index (κ1) is 31.2. The lowest BCUT2D eigenvalue weighted by molar-refractivity contribution is -0.114. The van der Waals surface area contributed by atoms with Crippen LogP contribution in [0.15, 0.2) is 67.2 Å². The normalized spacial score (nSPS) is 17.8. The number of carbonyl (C=O) groups is 1. The Balaban J connectivity index is 1.20. The number of aryl methyl sites for hydroxylation is 1. The van der Waals surface area contributed by atoms with Crippen LogP contribution in [0.4, 0.5) is 36.1 Å². The highest BCUT2D eigenvalue weighted by Crippen LogP contribution is 2.41. The van der Waals surface area contributed by atoms with E-state index in [2.05, 4.69) is 30.7 Å². The topological polar surface area (TPSA) is 122 Å². The number of anilines is 4. The number of benzene rings is 2. The number of aromatic nitrogens is 5. The number of likely N-dealkylation sites (tertiary alicyclic amines) is 1. The van der Waals surface area contributed by atoms with Crippen molar-refractivity contribution in [1.82, 2.24) is 29.5 Å². The van der Waals surface area contributed by atoms with Gasteiger partial charge in [-0.25, -0.2) is 32.6 Å². The molecule has 7 rings (SSSR count). The van der Waals surface area contributed by atoms with Crippen LogP contribution in [0, 0.1) is 6.92 Å². The van der Waals surface area contributed by atoms with Crippen molar-refractivity contribution >= 4 is 45.3 Å². The first-order valence-electron chi connectivity index (χ1n) is 15.3. The van der Waals surface area contributed by atoms with Gasteiger partial charge >= 0.3 is 0 Å². The van der Waals surface area contributed by atoms with E-state index in [9.17, 15) is 13.6 Å². The molecule has 12 nitrogen and oxygen atoms in total. The third kappa shape index (κ3) is 6.15. The molecule has 0 radical (unpaired) electrons. The van der Waals surface area contributed by atoms with Crippen LogP contribution in [0.25, 0.3) is 16.6 Å². The first-order chi connectivity index (χ1) is 23.1. The molecule has 2 aromatic carbocycles. The van der Waals surface area contributed by atoms with Crippen LogP contribution in [-0.4, -0.2) is 81.1 Å². The molecule has 2 saturated heterocycles. The lowest BCUT2D eigenvalue weighted by Gasteiger charge is -2.41. The van der Waals surface area contributed by atoms with Crippen LogP contribution in [0.5, 0.6) is 17.2 Å². The number of nitrogens with zero attached hydrogens (tertiary/aromatic N) is 7. The first-order valence-corrected chi connectivity index (χ1v) is 15.3. The zero-order valence-electron chi connectivity index (χ0n) is 26.4. The average molecular weight is 660 g/mol. The molecule has 2 aliphatic rings. The maximum absolute atomic E-state index is 15.1. The highest BCUT2D eigenvalue weighted by atomic mass is 19.3. The SMILES string of the molecule is COc1cc(Oc2ccn3ncnc3c2)c(C)cc1Nc1ncnc2cc(N3CC(F)(F)C3)c(NC(=O)/C(F)=C/[C@H]3CCCN3C)cc12. The molecule has 0 aliphatic carbocycles. The Morgan fingerprint density at radius 2 is 1.90 bits per heavy atom. The fourth-order valence-electron chi connectivity index (χ4n) is 5.97. The van der Waals surface area contributed by atoms with Gasteiger partial charge in [-0.1, -0.05) is 0 Å². The Bertz CT molecular complexity index is 2060. The average Bonchev–Trinajstić information content (AvgIpc) is 3.69. The Morgan fingerprint density at radius 1 is 1.06 bits per heavy atom. The Morgan fingerprint density at radius 3 is 2.65 bits per heavy atom. The van der Waals surface area contributed by atoms with Crippen molar-refractivity contribution in [3.63, 3.8) is 0 Å². The predicted molar refractivity (Wildman–Crippen MR) is 174 cm³/mol. The number of alkyl halides is 2. The van der Waals surface area contributed by atoms with Crippen molar-refractivity contribution < 1.29 is 27.4 Å². The maximum Gasteiger partial charge on any atom is 0.284 e. The van der Waals surface area contributed by atoms with Gasteiger partial charge in [0.15, 0.2) is 11.5 Å². The Hall–Kier alpha value is -5.44. The van der Waals surface area contributed by atoms with Gasteiger partial charge in [0.2, 0.25) is 0 Å². The van der Waals surface area contributed by atoms with Crippen molar-refractivity contribution in [2.75, 3.05) is 49.3 Å². The van der Waals surface area contributed by atoms with Gasteiger partial charge in [-0.15, -0.1) is 0 Å². The number of hydrogen-bond acceptors (Lipinski definition) is 10. The zero-order valence-corrected chi connectivity index (χ0v) is 26.4. The minimum atomic E-state index is -2.87. The number of rotatable bonds is 9. The van der Waals surface area contributed by atoms with Gasteiger partial charge in [0.1, 0.15) is 35.7 Å². The second-order valence-corrected chi connectivity index (χ2v) is 12.0. The largest absolute Gasteiger partial charge is 0.494 e. The summed E-state index contributed by atoms with van der Waals surface area (Å²) in [6.07, 6.45) is 7.48. The van der Waals surface area contributed by atoms with E-state index in [1.165, 1.54) is 30.7 Å². The molecule has 1 atom stereocenters. The summed E-state index contributed by atoms with van der Waals surface area (Å²) in [5, 5.41) is 10.4. The van der Waals surface area contributed by atoms with Gasteiger partial charge in [-0.2, -0.15) is 5.10 Å². The number of methoxy groups -OCH3 is 1. The van der Waals surface area contributed by atoms with Crippen LogP contribution in [0.2, 0.25) is 0 Å². The number of pyridine rings is 1. The molecule has 5 heterocycles. The molecule has 2 aliphatic heterocycles. The van der Waals surface area contributed by atoms with Crippen molar-refractivity contribution in [3.05, 3.63) is 72.7 Å². The summed E-state index contributed by atoms with van der Waals surface area (Å²) in [6.45, 7) is 1.60. The van der Waals surface area contributed by atoms with Crippen LogP contribution in [-0.2, 0) is 4.79 Å². The number of amides is 1. The molecule has 0 spiro atoms. The quantitative estimate of drug-likeness (QED) is 0.186. The maximum atomic E-state index is 15.1. The predicted octanol–water partition coefficient (Wildman–Crippen LogP) is 5.87. The van der Waals surface area contributed by atoms with Gasteiger partial charge in [0, 0.05) is 29.8 Å². The molecule has 5 aromatic rings. The summed E-state index contributed by atoms with van der Waals surface area (Å²) in [6, 6.07) is 10.1. The highest BCUT2D eigenvalue weighted by Gasteiger charge is 2.45. The number of nitrogens with one attached hydrogen (secondary N) is 2. The van der Waals surface area contributed by atoms with Crippen molar-refractivity contribution in [3.8, 4) is 17.2 Å². The van der Waals surface area contributed by atoms with E-state index in [1.54, 1.807) is 41.0 Å². The van der Waals surface area contributed by atoms with Crippen molar-refractivity contribution in [2.24, 2.45) is 0 Å². The number of hydrogen-bond donors (Lipinski definition) is 2. The molecule has 0 unspecified atom stereocenters. The highest BCUT2D eigenvalue weighted by molar-refractivity contribution is 6.07. The third-order valence-corrected chi connectivity index (χ3v) is 8.55. The number of ether oxygens (including phenoxy) is 2. The Labute approximate surface area is 273 Å². The summed E-state index contributed by atoms with van der Waals surface area (Å²) >= 11 is 0. The van der Waals surface area contributed by atoms with E-state index in [1.807, 2.05) is 24.9 Å². The van der Waals surface area contributed by atoms with Crippen molar-refractivity contribution in [1.29, 1.82) is 0 Å². The molecule has 3 aromatic heterocycles. The second kappa shape index (κ2) is 12.3. The molecule has 15 heteroatoms. The number of fused-ring (bicyclic) bond motifs is 2. The summed E-state index contributed by atoms with van der Waals surface area (Å²) in [4.78, 5) is 29.4. The van der Waals surface area contributed by atoms with E-state index in [4.69, 9.17) is 9.47 Å². The number of likely N-dealkylation sites (N-methyl/N-ethyl adjacent to an activating group) is 1. The van der Waals surface area contributed by atoms with Crippen LogP contribution >= 0.6 is 0 Å². The van der Waals surface area contributed by atoms with E-state index >= 15 is 4.39 Å². The molecule has 2 N–H and O–H groups in total. The summed E-state index contributed by atoms with van der Waals surface area (Å²) in [7, 11) is 3.39. The second-order valence-electron chi connectivity index (χ2n) is 12.0. The van der Waals surface area contributed by atoms with Crippen LogP contribution in [0.3, 0.4) is 0 Å². The monoisotopic (exact) mass is 659 g/mol. The van der Waals surface area contributed by atoms with E-state index in [0.717, 1.165) is 24.9 Å². The third-order valence-electron chi connectivity index (χ3n) is 8.55. The molecule has 48 heavy (non-hydrogen) atoms. The summed E-state index contributed by atoms with van der Waals surface area (Å²) < 4.78 is 56.4. The number of carbonyl (C=O) groups excluding carboxylic acids is 1. The van der Waals surface area contributed by atoms with E-state index < -0.39 is 30.7 Å². The smallest absolute Gasteiger partial charge is 0.284 e. The molecule has 0 saturated carbocycles. The minimum Gasteiger partial charge on any atom is -0.494 e. The molecule has 0 bridgehead atoms. The molecular formula is C33H32F3N9O3. The zero-order chi connectivity index (χ0) is 33.6. The fraction of sp³-hybridized carbons (Fsp3) is 0.303.